The minimum atomic E-state index is 0.0168. The van der Waals surface area contributed by atoms with Crippen LogP contribution in [0, 0.1) is 0 Å². The number of nitrogens with one attached hydrogen (secondary N) is 2. The van der Waals surface area contributed by atoms with Crippen molar-refractivity contribution in [3.8, 4) is 0 Å². The van der Waals surface area contributed by atoms with Crippen molar-refractivity contribution >= 4 is 40.9 Å². The number of amides is 2. The summed E-state index contributed by atoms with van der Waals surface area (Å²) in [7, 11) is 0. The van der Waals surface area contributed by atoms with Crippen LogP contribution in [0.4, 0.5) is 16.4 Å². The number of fused-ring (bicyclic) bond motifs is 1. The maximum absolute atomic E-state index is 11.6. The van der Waals surface area contributed by atoms with Gasteiger partial charge >= 0.3 is 6.03 Å². The summed E-state index contributed by atoms with van der Waals surface area (Å²) < 4.78 is 0. The standard InChI is InChI=1S/C13H17Cl2N5O/c1-2-16-11-9(14)5-10(15)12(18-11)19-3-4-20-8(7-19)6-17-13(20)21/h5,8H,2-4,6-7H2,1H3,(H,16,18)(H,17,21). The zero-order valence-corrected chi connectivity index (χ0v) is 13.2. The monoisotopic (exact) mass is 329 g/mol. The van der Waals surface area contributed by atoms with Crippen LogP contribution in [0.3, 0.4) is 0 Å². The fourth-order valence-corrected chi connectivity index (χ4v) is 3.31. The second-order valence-corrected chi connectivity index (χ2v) is 5.95. The number of hydrogen-bond acceptors (Lipinski definition) is 4. The van der Waals surface area contributed by atoms with Crippen LogP contribution in [0.5, 0.6) is 0 Å². The van der Waals surface area contributed by atoms with Crippen molar-refractivity contribution < 1.29 is 4.79 Å². The highest BCUT2D eigenvalue weighted by Gasteiger charge is 2.36. The number of halogens is 2. The van der Waals surface area contributed by atoms with Crippen molar-refractivity contribution in [3.05, 3.63) is 16.1 Å². The molecule has 2 amide bonds. The fraction of sp³-hybridized carbons (Fsp3) is 0.538. The minimum absolute atomic E-state index is 0.0168. The lowest BCUT2D eigenvalue weighted by Gasteiger charge is -2.37. The molecule has 2 aliphatic heterocycles. The van der Waals surface area contributed by atoms with Gasteiger partial charge in [0.15, 0.2) is 0 Å². The second-order valence-electron chi connectivity index (χ2n) is 5.13. The second kappa shape index (κ2) is 5.77. The van der Waals surface area contributed by atoms with E-state index in [9.17, 15) is 4.79 Å². The van der Waals surface area contributed by atoms with Gasteiger partial charge in [0.05, 0.1) is 16.1 Å². The molecule has 2 fully saturated rings. The lowest BCUT2D eigenvalue weighted by molar-refractivity contribution is 0.197. The maximum Gasteiger partial charge on any atom is 0.317 e. The van der Waals surface area contributed by atoms with Crippen LogP contribution in [0.25, 0.3) is 0 Å². The van der Waals surface area contributed by atoms with E-state index in [2.05, 4.69) is 20.5 Å². The van der Waals surface area contributed by atoms with E-state index >= 15 is 0 Å². The highest BCUT2D eigenvalue weighted by atomic mass is 35.5. The summed E-state index contributed by atoms with van der Waals surface area (Å²) in [6, 6.07) is 1.90. The van der Waals surface area contributed by atoms with Crippen molar-refractivity contribution in [1.82, 2.24) is 15.2 Å². The number of nitrogens with zero attached hydrogens (tertiary/aromatic N) is 3. The van der Waals surface area contributed by atoms with E-state index in [-0.39, 0.29) is 12.1 Å². The van der Waals surface area contributed by atoms with E-state index in [1.807, 2.05) is 11.8 Å². The Morgan fingerprint density at radius 3 is 3.00 bits per heavy atom. The molecule has 0 spiro atoms. The average Bonchev–Trinajstić information content (AvgIpc) is 2.83. The Morgan fingerprint density at radius 2 is 2.24 bits per heavy atom. The number of piperazine rings is 1. The first-order valence-corrected chi connectivity index (χ1v) is 7.75. The van der Waals surface area contributed by atoms with Crippen molar-refractivity contribution in [3.63, 3.8) is 0 Å². The molecule has 1 aromatic rings. The van der Waals surface area contributed by atoms with Crippen molar-refractivity contribution in [1.29, 1.82) is 0 Å². The summed E-state index contributed by atoms with van der Waals surface area (Å²) >= 11 is 12.4. The molecular formula is C13H17Cl2N5O. The third kappa shape index (κ3) is 2.70. The highest BCUT2D eigenvalue weighted by Crippen LogP contribution is 2.32. The minimum Gasteiger partial charge on any atom is -0.369 e. The number of hydrogen-bond donors (Lipinski definition) is 2. The molecule has 2 N–H and O–H groups in total. The first-order valence-electron chi connectivity index (χ1n) is 6.99. The van der Waals surface area contributed by atoms with Gasteiger partial charge in [-0.05, 0) is 13.0 Å². The van der Waals surface area contributed by atoms with E-state index in [4.69, 9.17) is 23.2 Å². The average molecular weight is 330 g/mol. The number of anilines is 2. The molecule has 3 heterocycles. The predicted molar refractivity (Wildman–Crippen MR) is 84.5 cm³/mol. The smallest absolute Gasteiger partial charge is 0.317 e. The number of carbonyl (C=O) groups is 1. The Kier molecular flexibility index (Phi) is 3.99. The Balaban J connectivity index is 1.84. The zero-order valence-electron chi connectivity index (χ0n) is 11.7. The number of aromatic nitrogens is 1. The summed E-state index contributed by atoms with van der Waals surface area (Å²) in [4.78, 5) is 20.2. The van der Waals surface area contributed by atoms with Gasteiger partial charge in [-0.2, -0.15) is 0 Å². The third-order valence-electron chi connectivity index (χ3n) is 3.79. The van der Waals surface area contributed by atoms with Crippen LogP contribution in [0.2, 0.25) is 10.0 Å². The van der Waals surface area contributed by atoms with Gasteiger partial charge in [-0.15, -0.1) is 0 Å². The third-order valence-corrected chi connectivity index (χ3v) is 4.35. The Hall–Kier alpha value is -1.40. The maximum atomic E-state index is 11.6. The summed E-state index contributed by atoms with van der Waals surface area (Å²) in [5.74, 6) is 1.36. The molecule has 0 bridgehead atoms. The van der Waals surface area contributed by atoms with E-state index < -0.39 is 0 Å². The first kappa shape index (κ1) is 14.5. The number of carbonyl (C=O) groups excluding carboxylic acids is 1. The molecule has 2 aliphatic rings. The van der Waals surface area contributed by atoms with Crippen LogP contribution < -0.4 is 15.5 Å². The van der Waals surface area contributed by atoms with Gasteiger partial charge in [0.25, 0.3) is 0 Å². The number of rotatable bonds is 3. The molecule has 1 unspecified atom stereocenters. The van der Waals surface area contributed by atoms with Crippen LogP contribution in [-0.2, 0) is 0 Å². The molecule has 0 saturated carbocycles. The molecule has 2 saturated heterocycles. The van der Waals surface area contributed by atoms with E-state index in [0.717, 1.165) is 18.9 Å². The highest BCUT2D eigenvalue weighted by molar-refractivity contribution is 6.37. The number of urea groups is 1. The summed E-state index contributed by atoms with van der Waals surface area (Å²) in [5, 5.41) is 7.04. The molecule has 6 nitrogen and oxygen atoms in total. The molecule has 21 heavy (non-hydrogen) atoms. The zero-order chi connectivity index (χ0) is 15.0. The Labute approximate surface area is 133 Å². The molecule has 0 aliphatic carbocycles. The lowest BCUT2D eigenvalue weighted by Crippen LogP contribution is -2.52. The molecule has 1 aromatic heterocycles. The molecule has 3 rings (SSSR count). The van der Waals surface area contributed by atoms with Crippen LogP contribution in [0.1, 0.15) is 6.92 Å². The van der Waals surface area contributed by atoms with Gasteiger partial charge in [0.2, 0.25) is 0 Å². The van der Waals surface area contributed by atoms with Crippen LogP contribution in [0.15, 0.2) is 6.07 Å². The predicted octanol–water partition coefficient (Wildman–Crippen LogP) is 2.03. The normalized spacial score (nSPS) is 21.3. The topological polar surface area (TPSA) is 60.5 Å². The van der Waals surface area contributed by atoms with E-state index in [1.54, 1.807) is 6.07 Å². The molecule has 1 atom stereocenters. The molecule has 114 valence electrons. The van der Waals surface area contributed by atoms with E-state index in [1.165, 1.54) is 0 Å². The van der Waals surface area contributed by atoms with Gasteiger partial charge in [-0.1, -0.05) is 23.2 Å². The van der Waals surface area contributed by atoms with Gasteiger partial charge in [0.1, 0.15) is 11.6 Å². The van der Waals surface area contributed by atoms with Gasteiger partial charge in [0, 0.05) is 32.7 Å². The Bertz CT molecular complexity index is 568. The van der Waals surface area contributed by atoms with Gasteiger partial charge < -0.3 is 20.4 Å². The fourth-order valence-electron chi connectivity index (χ4n) is 2.77. The van der Waals surface area contributed by atoms with Crippen LogP contribution >= 0.6 is 23.2 Å². The molecule has 8 heteroatoms. The van der Waals surface area contributed by atoms with Crippen molar-refractivity contribution in [2.24, 2.45) is 0 Å². The Morgan fingerprint density at radius 1 is 1.43 bits per heavy atom. The van der Waals surface area contributed by atoms with E-state index in [0.29, 0.717) is 35.5 Å². The van der Waals surface area contributed by atoms with Gasteiger partial charge in [-0.25, -0.2) is 9.78 Å². The van der Waals surface area contributed by atoms with Crippen LogP contribution in [-0.4, -0.2) is 54.7 Å². The molecular weight excluding hydrogens is 313 g/mol. The van der Waals surface area contributed by atoms with Crippen molar-refractivity contribution in [2.75, 3.05) is 42.9 Å². The molecule has 0 radical (unpaired) electrons. The van der Waals surface area contributed by atoms with Gasteiger partial charge in [-0.3, -0.25) is 0 Å². The summed E-state index contributed by atoms with van der Waals surface area (Å²) in [6.07, 6.45) is 0. The van der Waals surface area contributed by atoms with Crippen molar-refractivity contribution in [2.45, 2.75) is 13.0 Å². The first-order chi connectivity index (χ1) is 10.1. The summed E-state index contributed by atoms with van der Waals surface area (Å²) in [6.45, 7) is 5.50. The quantitative estimate of drug-likeness (QED) is 0.890. The molecule has 0 aromatic carbocycles. The largest absolute Gasteiger partial charge is 0.369 e. The number of pyridine rings is 1. The summed E-state index contributed by atoms with van der Waals surface area (Å²) in [5.41, 5.74) is 0. The lowest BCUT2D eigenvalue weighted by atomic mass is 10.2. The SMILES string of the molecule is CCNc1nc(N2CCN3C(=O)NCC3C2)c(Cl)cc1Cl.